The first-order valence-electron chi connectivity index (χ1n) is 5.33. The standard InChI is InChI=1S/5C2H2O4.4K.5O.4Ti/c5*3-1(4)2(5)6;;;;;;;;;;;;;/h5*(H,3,4)(H,5,6);;;;;;;;;;;;;/q;;;;;4*+1;5*-2;4*+4/p-10. The minimum Gasteiger partial charge on any atom is -2.00 e. The van der Waals surface area contributed by atoms with Crippen LogP contribution in [0.3, 0.4) is 0 Å². The van der Waals surface area contributed by atoms with Gasteiger partial charge in [0.1, 0.15) is 0 Å². The summed E-state index contributed by atoms with van der Waals surface area (Å²) in [5.74, 6) is -21.9. The van der Waals surface area contributed by atoms with Gasteiger partial charge in [-0.05, 0) is 0 Å². The Morgan fingerprint density at radius 1 is 0.209 bits per heavy atom. The molecule has 0 heterocycles. The number of rotatable bonds is 0. The molecule has 0 aliphatic rings. The van der Waals surface area contributed by atoms with Gasteiger partial charge in [0, 0.05) is 0 Å². The number of hydrogen-bond acceptors (Lipinski definition) is 20. The van der Waals surface area contributed by atoms with E-state index in [2.05, 4.69) is 0 Å². The molecule has 0 spiro atoms. The third-order valence-corrected chi connectivity index (χ3v) is 0.833. The molecule has 0 fully saturated rings. The average Bonchev–Trinajstić information content (AvgIpc) is 2.56. The van der Waals surface area contributed by atoms with Crippen LogP contribution in [0.4, 0.5) is 0 Å². The van der Waals surface area contributed by atoms with Crippen molar-refractivity contribution in [1.82, 2.24) is 0 Å². The summed E-state index contributed by atoms with van der Waals surface area (Å²) in [7, 11) is 0. The Hall–Kier alpha value is 3.90. The number of hydrogen-bond donors (Lipinski definition) is 0. The van der Waals surface area contributed by atoms with E-state index >= 15 is 0 Å². The van der Waals surface area contributed by atoms with Gasteiger partial charge in [-0.25, -0.2) is 0 Å². The van der Waals surface area contributed by atoms with Crippen LogP contribution in [0.5, 0.6) is 0 Å². The predicted molar refractivity (Wildman–Crippen MR) is 53.5 cm³/mol. The predicted octanol–water partition coefficient (Wildman–Crippen LogP) is -30.2. The first-order valence-corrected chi connectivity index (χ1v) is 5.33. The van der Waals surface area contributed by atoms with Crippen molar-refractivity contribution < 1.29 is 419 Å². The van der Waals surface area contributed by atoms with Gasteiger partial charge in [0.05, 0.1) is 59.7 Å². The normalized spacial score (nSPS) is 5.12. The first kappa shape index (κ1) is 118. The maximum atomic E-state index is 8.93. The zero-order valence-corrected chi connectivity index (χ0v) is 39.9. The Kier molecular flexibility index (Phi) is 222. The zero-order valence-electron chi connectivity index (χ0n) is 21.2. The van der Waals surface area contributed by atoms with Crippen LogP contribution in [0, 0.1) is 0 Å². The van der Waals surface area contributed by atoms with Gasteiger partial charge in [-0.1, -0.05) is 0 Å². The fraction of sp³-hybridized carbons (Fsp3) is 0. The van der Waals surface area contributed by atoms with Crippen molar-refractivity contribution in [2.45, 2.75) is 0 Å². The third-order valence-electron chi connectivity index (χ3n) is 0.833. The number of carbonyl (C=O) groups is 10. The average molecular weight is 868 g/mol. The Morgan fingerprint density at radius 3 is 0.233 bits per heavy atom. The Bertz CT molecular complexity index is 538. The van der Waals surface area contributed by atoms with E-state index in [9.17, 15) is 0 Å². The molecular formula is C10K4O25Ti4. The first-order chi connectivity index (χ1) is 13.2. The second kappa shape index (κ2) is 80.5. The van der Waals surface area contributed by atoms with Gasteiger partial charge < -0.3 is 126 Å². The van der Waals surface area contributed by atoms with Crippen LogP contribution in [0.15, 0.2) is 0 Å². The molecule has 0 rings (SSSR count). The van der Waals surface area contributed by atoms with Crippen LogP contribution in [-0.4, -0.2) is 59.7 Å². The van der Waals surface area contributed by atoms with Gasteiger partial charge in [0.15, 0.2) is 0 Å². The molecule has 25 nitrogen and oxygen atoms in total. The molecule has 0 aromatic rings. The minimum atomic E-state index is -2.19. The molecule has 0 saturated carbocycles. The fourth-order valence-corrected chi connectivity index (χ4v) is 0. The summed E-state index contributed by atoms with van der Waals surface area (Å²) in [5.41, 5.74) is 0. The molecule has 0 bridgehead atoms. The smallest absolute Gasteiger partial charge is 2.00 e. The van der Waals surface area contributed by atoms with Crippen LogP contribution in [0.25, 0.3) is 0 Å². The number of aliphatic carboxylic acids is 10. The van der Waals surface area contributed by atoms with Crippen molar-refractivity contribution in [1.29, 1.82) is 0 Å². The van der Waals surface area contributed by atoms with Crippen LogP contribution >= 0.6 is 0 Å². The molecule has 210 valence electrons. The van der Waals surface area contributed by atoms with Crippen LogP contribution < -0.4 is 257 Å². The second-order valence-corrected chi connectivity index (χ2v) is 2.87. The summed E-state index contributed by atoms with van der Waals surface area (Å²) in [4.78, 5) is 89.3. The van der Waals surface area contributed by atoms with Gasteiger partial charge in [-0.2, -0.15) is 0 Å². The van der Waals surface area contributed by atoms with Crippen molar-refractivity contribution in [3.8, 4) is 0 Å². The molecule has 0 aromatic carbocycles. The van der Waals surface area contributed by atoms with Crippen molar-refractivity contribution in [3.63, 3.8) is 0 Å². The van der Waals surface area contributed by atoms with Crippen LogP contribution in [-0.2, 0) is 162 Å². The molecule has 0 aromatic heterocycles. The van der Waals surface area contributed by atoms with E-state index in [0.29, 0.717) is 0 Å². The second-order valence-electron chi connectivity index (χ2n) is 2.87. The summed E-state index contributed by atoms with van der Waals surface area (Å²) in [5, 5.41) is 89.3. The number of carbonyl (C=O) groups excluding carboxylic acids is 10. The van der Waals surface area contributed by atoms with Crippen molar-refractivity contribution in [2.24, 2.45) is 0 Å². The van der Waals surface area contributed by atoms with Gasteiger partial charge >= 0.3 is 292 Å². The minimum absolute atomic E-state index is 0. The van der Waals surface area contributed by atoms with Crippen LogP contribution in [0.2, 0.25) is 0 Å². The van der Waals surface area contributed by atoms with Crippen LogP contribution in [0.1, 0.15) is 0 Å². The molecule has 33 heteroatoms. The quantitative estimate of drug-likeness (QED) is 0.161. The molecule has 0 amide bonds. The topological polar surface area (TPSA) is 544 Å². The van der Waals surface area contributed by atoms with E-state index in [1.807, 2.05) is 0 Å². The van der Waals surface area contributed by atoms with E-state index in [0.717, 1.165) is 0 Å². The molecule has 0 saturated heterocycles. The molecule has 0 N–H and O–H groups in total. The Balaban J connectivity index is -0.0000000106. The molecule has 43 heavy (non-hydrogen) atoms. The number of carboxylic acids is 10. The van der Waals surface area contributed by atoms with E-state index in [1.54, 1.807) is 0 Å². The van der Waals surface area contributed by atoms with E-state index in [-0.39, 0.29) is 320 Å². The SMILES string of the molecule is O=C([O-])C(=O)[O-].O=C([O-])C(=O)[O-].O=C([O-])C(=O)[O-].O=C([O-])C(=O)[O-].O=C([O-])C(=O)[O-].[K+].[K+].[K+].[K+].[O-2].[O-2].[O-2].[O-2].[O-2].[Ti+4].[Ti+4].[Ti+4].[Ti+4]. The fourth-order valence-electron chi connectivity index (χ4n) is 0. The third kappa shape index (κ3) is 155. The molecule has 0 aliphatic heterocycles. The van der Waals surface area contributed by atoms with Gasteiger partial charge in [-0.15, -0.1) is 0 Å². The number of carboxylic acid groups (broad SMARTS) is 10. The monoisotopic (exact) mass is 868 g/mol. The summed E-state index contributed by atoms with van der Waals surface area (Å²) in [6, 6.07) is 0. The van der Waals surface area contributed by atoms with Crippen molar-refractivity contribution >= 4 is 59.7 Å². The van der Waals surface area contributed by atoms with Gasteiger partial charge in [0.25, 0.3) is 0 Å². The zero-order chi connectivity index (χ0) is 25.8. The molecule has 0 aliphatic carbocycles. The van der Waals surface area contributed by atoms with E-state index < -0.39 is 59.7 Å². The summed E-state index contributed by atoms with van der Waals surface area (Å²) >= 11 is 0. The molecule has 0 atom stereocenters. The maximum absolute atomic E-state index is 8.93. The Labute approximate surface area is 467 Å². The van der Waals surface area contributed by atoms with Crippen molar-refractivity contribution in [2.75, 3.05) is 0 Å². The molecular weight excluding hydrogens is 868 g/mol. The van der Waals surface area contributed by atoms with E-state index in [4.69, 9.17) is 99.0 Å². The summed E-state index contributed by atoms with van der Waals surface area (Å²) in [6.07, 6.45) is 0. The van der Waals surface area contributed by atoms with Gasteiger partial charge in [-0.3, -0.25) is 0 Å². The summed E-state index contributed by atoms with van der Waals surface area (Å²) < 4.78 is 0. The molecule has 0 radical (unpaired) electrons. The summed E-state index contributed by atoms with van der Waals surface area (Å²) in [6.45, 7) is 0. The maximum Gasteiger partial charge on any atom is 4.00 e. The van der Waals surface area contributed by atoms with Crippen molar-refractivity contribution in [3.05, 3.63) is 0 Å². The van der Waals surface area contributed by atoms with E-state index in [1.165, 1.54) is 0 Å². The van der Waals surface area contributed by atoms with Gasteiger partial charge in [0.2, 0.25) is 0 Å². The molecule has 0 unspecified atom stereocenters. The largest absolute Gasteiger partial charge is 4.00 e. The Morgan fingerprint density at radius 2 is 0.233 bits per heavy atom.